The van der Waals surface area contributed by atoms with Crippen LogP contribution in [0.2, 0.25) is 0 Å². The van der Waals surface area contributed by atoms with Crippen molar-refractivity contribution in [2.75, 3.05) is 23.3 Å². The number of pyridine rings is 1. The molecule has 0 unspecified atom stereocenters. The van der Waals surface area contributed by atoms with E-state index in [9.17, 15) is 9.18 Å². The second-order valence-corrected chi connectivity index (χ2v) is 7.59. The summed E-state index contributed by atoms with van der Waals surface area (Å²) in [5.41, 5.74) is 3.05. The standard InChI is InChI=1S/C21H20FN3OS/c22-16-3-5-17(6-4-16)24-18-7-10-25(11-8-18)21-20(2-1-9-23-21)15-12-19(13-26)27-14-15/h1-6,9,12-14,18,24H,7-8,10-11H2. The van der Waals surface area contributed by atoms with Crippen LogP contribution in [0.1, 0.15) is 22.5 Å². The molecule has 0 atom stereocenters. The van der Waals surface area contributed by atoms with Crippen molar-refractivity contribution in [1.29, 1.82) is 0 Å². The summed E-state index contributed by atoms with van der Waals surface area (Å²) in [6, 6.07) is 12.8. The summed E-state index contributed by atoms with van der Waals surface area (Å²) in [6.07, 6.45) is 4.67. The fraction of sp³-hybridized carbons (Fsp3) is 0.238. The Morgan fingerprint density at radius 3 is 2.67 bits per heavy atom. The van der Waals surface area contributed by atoms with Crippen molar-refractivity contribution < 1.29 is 9.18 Å². The van der Waals surface area contributed by atoms with Crippen LogP contribution in [0.25, 0.3) is 11.1 Å². The Bertz CT molecular complexity index is 917. The zero-order valence-electron chi connectivity index (χ0n) is 14.8. The average molecular weight is 381 g/mol. The Kier molecular flexibility index (Phi) is 5.16. The third-order valence-electron chi connectivity index (χ3n) is 4.84. The van der Waals surface area contributed by atoms with Crippen LogP contribution in [-0.4, -0.2) is 30.4 Å². The van der Waals surface area contributed by atoms with E-state index < -0.39 is 0 Å². The summed E-state index contributed by atoms with van der Waals surface area (Å²) in [4.78, 5) is 18.6. The van der Waals surface area contributed by atoms with Crippen LogP contribution in [0.4, 0.5) is 15.9 Å². The number of carbonyl (C=O) groups excluding carboxylic acids is 1. The number of carbonyl (C=O) groups is 1. The van der Waals surface area contributed by atoms with Crippen LogP contribution in [0.3, 0.4) is 0 Å². The lowest BCUT2D eigenvalue weighted by Crippen LogP contribution is -2.39. The Balaban J connectivity index is 1.45. The minimum Gasteiger partial charge on any atom is -0.382 e. The van der Waals surface area contributed by atoms with Gasteiger partial charge in [-0.3, -0.25) is 4.79 Å². The van der Waals surface area contributed by atoms with Crippen LogP contribution in [0.15, 0.2) is 54.0 Å². The molecule has 4 rings (SSSR count). The number of aldehydes is 1. The lowest BCUT2D eigenvalue weighted by atomic mass is 10.0. The monoisotopic (exact) mass is 381 g/mol. The Morgan fingerprint density at radius 2 is 1.96 bits per heavy atom. The zero-order chi connectivity index (χ0) is 18.6. The van der Waals surface area contributed by atoms with Crippen molar-refractivity contribution in [3.63, 3.8) is 0 Å². The first-order chi connectivity index (χ1) is 13.2. The van der Waals surface area contributed by atoms with Gasteiger partial charge >= 0.3 is 0 Å². The third-order valence-corrected chi connectivity index (χ3v) is 5.70. The van der Waals surface area contributed by atoms with Crippen molar-refractivity contribution >= 4 is 29.1 Å². The maximum absolute atomic E-state index is 13.0. The number of anilines is 2. The summed E-state index contributed by atoms with van der Waals surface area (Å²) in [6.45, 7) is 1.79. The van der Waals surface area contributed by atoms with Gasteiger partial charge in [-0.05, 0) is 66.2 Å². The Hall–Kier alpha value is -2.73. The predicted octanol–water partition coefficient (Wildman–Crippen LogP) is 4.84. The molecule has 0 spiro atoms. The van der Waals surface area contributed by atoms with Crippen LogP contribution in [-0.2, 0) is 0 Å². The van der Waals surface area contributed by atoms with Crippen molar-refractivity contribution in [2.45, 2.75) is 18.9 Å². The highest BCUT2D eigenvalue weighted by Gasteiger charge is 2.22. The molecule has 1 fully saturated rings. The molecule has 0 saturated carbocycles. The van der Waals surface area contributed by atoms with Gasteiger partial charge in [0.15, 0.2) is 6.29 Å². The molecule has 0 aliphatic carbocycles. The lowest BCUT2D eigenvalue weighted by molar-refractivity contribution is 0.112. The SMILES string of the molecule is O=Cc1cc(-c2cccnc2N2CCC(Nc3ccc(F)cc3)CC2)cs1. The quantitative estimate of drug-likeness (QED) is 0.642. The molecule has 3 heterocycles. The topological polar surface area (TPSA) is 45.2 Å². The maximum Gasteiger partial charge on any atom is 0.160 e. The molecule has 1 aliphatic rings. The van der Waals surface area contributed by atoms with Crippen molar-refractivity contribution in [3.8, 4) is 11.1 Å². The molecule has 4 nitrogen and oxygen atoms in total. The van der Waals surface area contributed by atoms with Crippen molar-refractivity contribution in [1.82, 2.24) is 4.98 Å². The number of hydrogen-bond acceptors (Lipinski definition) is 5. The first kappa shape index (κ1) is 17.7. The minimum atomic E-state index is -0.218. The molecule has 6 heteroatoms. The van der Waals surface area contributed by atoms with E-state index in [-0.39, 0.29) is 5.82 Å². The summed E-state index contributed by atoms with van der Waals surface area (Å²) < 4.78 is 13.0. The van der Waals surface area contributed by atoms with Gasteiger partial charge in [-0.15, -0.1) is 11.3 Å². The second-order valence-electron chi connectivity index (χ2n) is 6.64. The number of nitrogens with one attached hydrogen (secondary N) is 1. The smallest absolute Gasteiger partial charge is 0.160 e. The molecule has 1 saturated heterocycles. The van der Waals surface area contributed by atoms with Crippen LogP contribution < -0.4 is 10.2 Å². The molecule has 2 aromatic heterocycles. The van der Waals surface area contributed by atoms with Gasteiger partial charge in [0.1, 0.15) is 11.6 Å². The number of thiophene rings is 1. The highest BCUT2D eigenvalue weighted by Crippen LogP contribution is 2.33. The largest absolute Gasteiger partial charge is 0.382 e. The zero-order valence-corrected chi connectivity index (χ0v) is 15.6. The number of benzene rings is 1. The van der Waals surface area contributed by atoms with Crippen LogP contribution in [0.5, 0.6) is 0 Å². The van der Waals surface area contributed by atoms with E-state index in [2.05, 4.69) is 21.3 Å². The first-order valence-electron chi connectivity index (χ1n) is 8.99. The average Bonchev–Trinajstić information content (AvgIpc) is 3.20. The van der Waals surface area contributed by atoms with Gasteiger partial charge in [0.2, 0.25) is 0 Å². The molecule has 1 aliphatic heterocycles. The predicted molar refractivity (Wildman–Crippen MR) is 108 cm³/mol. The molecule has 1 N–H and O–H groups in total. The molecule has 0 bridgehead atoms. The molecular weight excluding hydrogens is 361 g/mol. The Labute approximate surface area is 161 Å². The van der Waals surface area contributed by atoms with E-state index in [1.807, 2.05) is 23.7 Å². The number of nitrogens with zero attached hydrogens (tertiary/aromatic N) is 2. The van der Waals surface area contributed by atoms with Gasteiger partial charge in [-0.25, -0.2) is 9.37 Å². The number of halogens is 1. The Morgan fingerprint density at radius 1 is 1.19 bits per heavy atom. The molecule has 3 aromatic rings. The van der Waals surface area contributed by atoms with Gasteiger partial charge < -0.3 is 10.2 Å². The maximum atomic E-state index is 13.0. The van der Waals surface area contributed by atoms with Gasteiger partial charge in [0.05, 0.1) is 4.88 Å². The molecular formula is C21H20FN3OS. The van der Waals surface area contributed by atoms with Gasteiger partial charge in [-0.2, -0.15) is 0 Å². The summed E-state index contributed by atoms with van der Waals surface area (Å²) >= 11 is 1.45. The van der Waals surface area contributed by atoms with Gasteiger partial charge in [-0.1, -0.05) is 0 Å². The van der Waals surface area contributed by atoms with Gasteiger partial charge in [0, 0.05) is 36.6 Å². The highest BCUT2D eigenvalue weighted by molar-refractivity contribution is 7.12. The number of rotatable bonds is 5. The fourth-order valence-corrected chi connectivity index (χ4v) is 4.16. The summed E-state index contributed by atoms with van der Waals surface area (Å²) in [5, 5.41) is 5.49. The van der Waals surface area contributed by atoms with E-state index in [1.165, 1.54) is 23.5 Å². The van der Waals surface area contributed by atoms with E-state index in [1.54, 1.807) is 12.1 Å². The highest BCUT2D eigenvalue weighted by atomic mass is 32.1. The lowest BCUT2D eigenvalue weighted by Gasteiger charge is -2.34. The van der Waals surface area contributed by atoms with E-state index in [0.717, 1.165) is 59.7 Å². The normalized spacial score (nSPS) is 14.9. The third kappa shape index (κ3) is 4.01. The van der Waals surface area contributed by atoms with E-state index in [4.69, 9.17) is 0 Å². The summed E-state index contributed by atoms with van der Waals surface area (Å²) in [5.74, 6) is 0.747. The van der Waals surface area contributed by atoms with E-state index >= 15 is 0 Å². The second kappa shape index (κ2) is 7.88. The molecule has 0 radical (unpaired) electrons. The fourth-order valence-electron chi connectivity index (χ4n) is 3.45. The van der Waals surface area contributed by atoms with Crippen molar-refractivity contribution in [3.05, 3.63) is 64.7 Å². The molecule has 138 valence electrons. The molecule has 1 aromatic carbocycles. The molecule has 0 amide bonds. The molecule has 27 heavy (non-hydrogen) atoms. The number of hydrogen-bond donors (Lipinski definition) is 1. The van der Waals surface area contributed by atoms with Gasteiger partial charge in [0.25, 0.3) is 0 Å². The van der Waals surface area contributed by atoms with Crippen LogP contribution in [0, 0.1) is 5.82 Å². The van der Waals surface area contributed by atoms with Crippen molar-refractivity contribution in [2.24, 2.45) is 0 Å². The minimum absolute atomic E-state index is 0.218. The first-order valence-corrected chi connectivity index (χ1v) is 9.87. The van der Waals surface area contributed by atoms with E-state index in [0.29, 0.717) is 6.04 Å². The number of piperidine rings is 1. The summed E-state index contributed by atoms with van der Waals surface area (Å²) in [7, 11) is 0. The number of aromatic nitrogens is 1. The van der Waals surface area contributed by atoms with Crippen LogP contribution >= 0.6 is 11.3 Å².